The summed E-state index contributed by atoms with van der Waals surface area (Å²) in [7, 11) is 0. The third-order valence-corrected chi connectivity index (χ3v) is 4.89. The molecule has 0 atom stereocenters. The summed E-state index contributed by atoms with van der Waals surface area (Å²) in [5.41, 5.74) is 7.86. The van der Waals surface area contributed by atoms with Crippen molar-refractivity contribution in [2.45, 2.75) is 18.8 Å². The molecule has 0 bridgehead atoms. The van der Waals surface area contributed by atoms with Gasteiger partial charge in [-0.15, -0.1) is 0 Å². The third kappa shape index (κ3) is 2.66. The second-order valence-corrected chi connectivity index (χ2v) is 6.43. The lowest BCUT2D eigenvalue weighted by Crippen LogP contribution is -2.04. The standard InChI is InChI=1S/C13H10Cl2IN3/c14-8-4-3-7(5-9(8)15)13-18-11(6-1-2-6)10(16)12(17)19-13/h3-6H,1-2H2,(H2,17,18,19). The Bertz CT molecular complexity index is 657. The summed E-state index contributed by atoms with van der Waals surface area (Å²) < 4.78 is 0.962. The van der Waals surface area contributed by atoms with Crippen molar-refractivity contribution in [1.82, 2.24) is 9.97 Å². The number of benzene rings is 1. The van der Waals surface area contributed by atoms with Crippen LogP contribution in [0.3, 0.4) is 0 Å². The maximum Gasteiger partial charge on any atom is 0.161 e. The lowest BCUT2D eigenvalue weighted by molar-refractivity contribution is 0.983. The van der Waals surface area contributed by atoms with Crippen LogP contribution in [0.5, 0.6) is 0 Å². The van der Waals surface area contributed by atoms with E-state index in [2.05, 4.69) is 32.6 Å². The highest BCUT2D eigenvalue weighted by atomic mass is 127. The molecule has 1 fully saturated rings. The van der Waals surface area contributed by atoms with Crippen LogP contribution in [0.4, 0.5) is 5.82 Å². The summed E-state index contributed by atoms with van der Waals surface area (Å²) in [5.74, 6) is 1.66. The lowest BCUT2D eigenvalue weighted by atomic mass is 10.2. The molecule has 19 heavy (non-hydrogen) atoms. The Morgan fingerprint density at radius 3 is 2.53 bits per heavy atom. The summed E-state index contributed by atoms with van der Waals surface area (Å²) in [6.07, 6.45) is 2.35. The molecule has 3 rings (SSSR count). The van der Waals surface area contributed by atoms with E-state index < -0.39 is 0 Å². The summed E-state index contributed by atoms with van der Waals surface area (Å²) in [5, 5.41) is 1.01. The van der Waals surface area contributed by atoms with E-state index in [1.165, 1.54) is 12.8 Å². The number of nitrogens with two attached hydrogens (primary N) is 1. The van der Waals surface area contributed by atoms with E-state index in [9.17, 15) is 0 Å². The fourth-order valence-electron chi connectivity index (χ4n) is 1.87. The number of halogens is 3. The Labute approximate surface area is 134 Å². The average molecular weight is 406 g/mol. The Kier molecular flexibility index (Phi) is 3.57. The van der Waals surface area contributed by atoms with Crippen LogP contribution in [0.1, 0.15) is 24.5 Å². The molecule has 1 aliphatic carbocycles. The Morgan fingerprint density at radius 2 is 1.89 bits per heavy atom. The first-order valence-corrected chi connectivity index (χ1v) is 7.68. The first-order chi connectivity index (χ1) is 9.06. The van der Waals surface area contributed by atoms with Crippen LogP contribution in [-0.2, 0) is 0 Å². The van der Waals surface area contributed by atoms with Crippen LogP contribution < -0.4 is 5.73 Å². The van der Waals surface area contributed by atoms with Crippen LogP contribution in [0.15, 0.2) is 18.2 Å². The molecule has 98 valence electrons. The normalized spacial score (nSPS) is 14.7. The van der Waals surface area contributed by atoms with E-state index in [1.54, 1.807) is 12.1 Å². The van der Waals surface area contributed by atoms with Crippen LogP contribution >= 0.6 is 45.8 Å². The largest absolute Gasteiger partial charge is 0.383 e. The summed E-state index contributed by atoms with van der Waals surface area (Å²) in [6.45, 7) is 0. The average Bonchev–Trinajstić information content (AvgIpc) is 3.20. The van der Waals surface area contributed by atoms with Crippen molar-refractivity contribution in [2.75, 3.05) is 5.73 Å². The lowest BCUT2D eigenvalue weighted by Gasteiger charge is -2.09. The zero-order valence-corrected chi connectivity index (χ0v) is 13.5. The van der Waals surface area contributed by atoms with Gasteiger partial charge in [0, 0.05) is 11.5 Å². The van der Waals surface area contributed by atoms with Crippen molar-refractivity contribution in [3.8, 4) is 11.4 Å². The smallest absolute Gasteiger partial charge is 0.161 e. The molecule has 1 aliphatic rings. The van der Waals surface area contributed by atoms with Crippen molar-refractivity contribution in [2.24, 2.45) is 0 Å². The minimum atomic E-state index is 0.493. The van der Waals surface area contributed by atoms with Crippen molar-refractivity contribution < 1.29 is 0 Å². The molecule has 0 saturated heterocycles. The summed E-state index contributed by atoms with van der Waals surface area (Å²) >= 11 is 14.2. The minimum Gasteiger partial charge on any atom is -0.383 e. The first-order valence-electron chi connectivity index (χ1n) is 5.84. The molecule has 0 spiro atoms. The van der Waals surface area contributed by atoms with Gasteiger partial charge in [-0.2, -0.15) is 0 Å². The number of nitrogens with zero attached hydrogens (tertiary/aromatic N) is 2. The van der Waals surface area contributed by atoms with Crippen molar-refractivity contribution in [3.63, 3.8) is 0 Å². The molecule has 2 N–H and O–H groups in total. The molecule has 0 unspecified atom stereocenters. The van der Waals surface area contributed by atoms with Gasteiger partial charge < -0.3 is 5.73 Å². The Hall–Kier alpha value is -0.590. The molecule has 1 heterocycles. The number of rotatable bonds is 2. The zero-order valence-electron chi connectivity index (χ0n) is 9.83. The molecule has 1 aromatic carbocycles. The predicted octanol–water partition coefficient (Wildman–Crippen LogP) is 4.51. The predicted molar refractivity (Wildman–Crippen MR) is 86.6 cm³/mol. The maximum atomic E-state index is 6.03. The molecule has 0 radical (unpaired) electrons. The molecule has 6 heteroatoms. The van der Waals surface area contributed by atoms with E-state index in [4.69, 9.17) is 28.9 Å². The highest BCUT2D eigenvalue weighted by molar-refractivity contribution is 14.1. The van der Waals surface area contributed by atoms with Crippen molar-refractivity contribution in [3.05, 3.63) is 37.5 Å². The van der Waals surface area contributed by atoms with E-state index in [0.717, 1.165) is 14.8 Å². The monoisotopic (exact) mass is 405 g/mol. The summed E-state index contributed by atoms with van der Waals surface area (Å²) in [6, 6.07) is 5.36. The van der Waals surface area contributed by atoms with Crippen LogP contribution in [0.2, 0.25) is 10.0 Å². The fraction of sp³-hybridized carbons (Fsp3) is 0.231. The molecule has 1 saturated carbocycles. The number of hydrogen-bond acceptors (Lipinski definition) is 3. The summed E-state index contributed by atoms with van der Waals surface area (Å²) in [4.78, 5) is 8.98. The van der Waals surface area contributed by atoms with Crippen LogP contribution in [0, 0.1) is 3.57 Å². The molecule has 0 amide bonds. The van der Waals surface area contributed by atoms with Gasteiger partial charge in [-0.05, 0) is 53.6 Å². The fourth-order valence-corrected chi connectivity index (χ4v) is 2.85. The van der Waals surface area contributed by atoms with E-state index in [-0.39, 0.29) is 0 Å². The Morgan fingerprint density at radius 1 is 1.16 bits per heavy atom. The topological polar surface area (TPSA) is 51.8 Å². The molecular formula is C13H10Cl2IN3. The number of aromatic nitrogens is 2. The molecule has 1 aromatic heterocycles. The van der Waals surface area contributed by atoms with Gasteiger partial charge in [0.05, 0.1) is 19.3 Å². The minimum absolute atomic E-state index is 0.493. The number of nitrogen functional groups attached to an aromatic ring is 1. The molecular weight excluding hydrogens is 396 g/mol. The van der Waals surface area contributed by atoms with Gasteiger partial charge in [-0.1, -0.05) is 23.2 Å². The Balaban J connectivity index is 2.11. The third-order valence-electron chi connectivity index (χ3n) is 3.04. The highest BCUT2D eigenvalue weighted by Crippen LogP contribution is 2.42. The van der Waals surface area contributed by atoms with Crippen molar-refractivity contribution >= 4 is 51.6 Å². The van der Waals surface area contributed by atoms with E-state index >= 15 is 0 Å². The van der Waals surface area contributed by atoms with E-state index in [0.29, 0.717) is 27.6 Å². The maximum absolute atomic E-state index is 6.03. The van der Waals surface area contributed by atoms with Gasteiger partial charge in [0.2, 0.25) is 0 Å². The second kappa shape index (κ2) is 5.07. The molecule has 3 nitrogen and oxygen atoms in total. The SMILES string of the molecule is Nc1nc(-c2ccc(Cl)c(Cl)c2)nc(C2CC2)c1I. The van der Waals surface area contributed by atoms with Gasteiger partial charge in [0.15, 0.2) is 5.82 Å². The van der Waals surface area contributed by atoms with Gasteiger partial charge in [-0.3, -0.25) is 0 Å². The zero-order chi connectivity index (χ0) is 13.6. The number of hydrogen-bond donors (Lipinski definition) is 1. The quantitative estimate of drug-likeness (QED) is 0.747. The van der Waals surface area contributed by atoms with Crippen LogP contribution in [-0.4, -0.2) is 9.97 Å². The highest BCUT2D eigenvalue weighted by Gasteiger charge is 2.29. The van der Waals surface area contributed by atoms with E-state index in [1.807, 2.05) is 6.07 Å². The van der Waals surface area contributed by atoms with Gasteiger partial charge in [-0.25, -0.2) is 9.97 Å². The molecule has 0 aliphatic heterocycles. The first kappa shape index (κ1) is 13.4. The van der Waals surface area contributed by atoms with Gasteiger partial charge >= 0.3 is 0 Å². The second-order valence-electron chi connectivity index (χ2n) is 4.53. The van der Waals surface area contributed by atoms with Crippen LogP contribution in [0.25, 0.3) is 11.4 Å². The van der Waals surface area contributed by atoms with Crippen molar-refractivity contribution in [1.29, 1.82) is 0 Å². The van der Waals surface area contributed by atoms with Gasteiger partial charge in [0.25, 0.3) is 0 Å². The number of anilines is 1. The van der Waals surface area contributed by atoms with Gasteiger partial charge in [0.1, 0.15) is 5.82 Å². The molecule has 2 aromatic rings.